The Morgan fingerprint density at radius 2 is 1.81 bits per heavy atom. The third kappa shape index (κ3) is 3.68. The van der Waals surface area contributed by atoms with Crippen molar-refractivity contribution in [2.45, 2.75) is 13.5 Å². The summed E-state index contributed by atoms with van der Waals surface area (Å²) in [6.07, 6.45) is 0. The monoisotopic (exact) mass is 429 g/mol. The molecule has 0 atom stereocenters. The lowest BCUT2D eigenvalue weighted by Crippen LogP contribution is -2.12. The minimum atomic E-state index is 0.391. The first-order valence-electron chi connectivity index (χ1n) is 9.93. The normalized spacial score (nSPS) is 11.8. The van der Waals surface area contributed by atoms with Crippen molar-refractivity contribution in [2.75, 3.05) is 12.4 Å². The Morgan fingerprint density at radius 3 is 2.65 bits per heavy atom. The van der Waals surface area contributed by atoms with E-state index >= 15 is 0 Å². The van der Waals surface area contributed by atoms with Gasteiger partial charge in [-0.1, -0.05) is 41.9 Å². The molecule has 3 aromatic carbocycles. The molecule has 154 valence electrons. The van der Waals surface area contributed by atoms with Gasteiger partial charge in [0.2, 0.25) is 5.95 Å². The molecule has 6 heteroatoms. The zero-order valence-electron chi connectivity index (χ0n) is 17.1. The van der Waals surface area contributed by atoms with E-state index in [1.807, 2.05) is 73.7 Å². The largest absolute Gasteiger partial charge is 0.495 e. The van der Waals surface area contributed by atoms with Crippen molar-refractivity contribution < 1.29 is 9.47 Å². The van der Waals surface area contributed by atoms with Gasteiger partial charge in [-0.3, -0.25) is 0 Å². The number of aromatic nitrogens is 2. The third-order valence-electron chi connectivity index (χ3n) is 5.22. The summed E-state index contributed by atoms with van der Waals surface area (Å²) in [6, 6.07) is 21.5. The molecule has 0 unspecified atom stereocenters. The van der Waals surface area contributed by atoms with Gasteiger partial charge in [0.25, 0.3) is 0 Å². The highest BCUT2D eigenvalue weighted by molar-refractivity contribution is 6.30. The number of nitrogens with one attached hydrogen (secondary N) is 1. The van der Waals surface area contributed by atoms with E-state index in [2.05, 4.69) is 5.32 Å². The first-order chi connectivity index (χ1) is 15.1. The lowest BCUT2D eigenvalue weighted by Gasteiger charge is -2.23. The van der Waals surface area contributed by atoms with Crippen molar-refractivity contribution in [3.63, 3.8) is 0 Å². The summed E-state index contributed by atoms with van der Waals surface area (Å²) >= 11 is 6.28. The Hall–Kier alpha value is -3.57. The van der Waals surface area contributed by atoms with Crippen molar-refractivity contribution in [3.05, 3.63) is 82.9 Å². The average molecular weight is 430 g/mol. The van der Waals surface area contributed by atoms with Crippen LogP contribution in [0, 0.1) is 6.92 Å². The fourth-order valence-electron chi connectivity index (χ4n) is 3.75. The lowest BCUT2D eigenvalue weighted by atomic mass is 9.98. The summed E-state index contributed by atoms with van der Waals surface area (Å²) in [4.78, 5) is 9.73. The molecular formula is C25H20ClN3O2. The van der Waals surface area contributed by atoms with E-state index in [9.17, 15) is 0 Å². The number of anilines is 2. The fourth-order valence-corrected chi connectivity index (χ4v) is 3.94. The molecule has 31 heavy (non-hydrogen) atoms. The second-order valence-electron chi connectivity index (χ2n) is 7.35. The van der Waals surface area contributed by atoms with Crippen LogP contribution in [0.3, 0.4) is 0 Å². The molecule has 0 saturated carbocycles. The van der Waals surface area contributed by atoms with E-state index in [1.165, 1.54) is 0 Å². The van der Waals surface area contributed by atoms with Gasteiger partial charge in [0.1, 0.15) is 18.1 Å². The molecule has 1 N–H and O–H groups in total. The Balaban J connectivity index is 1.70. The number of hydrogen-bond acceptors (Lipinski definition) is 5. The maximum Gasteiger partial charge on any atom is 0.228 e. The predicted molar refractivity (Wildman–Crippen MR) is 123 cm³/mol. The zero-order chi connectivity index (χ0) is 21.4. The molecule has 0 spiro atoms. The van der Waals surface area contributed by atoms with E-state index in [0.29, 0.717) is 17.6 Å². The minimum absolute atomic E-state index is 0.391. The molecular weight excluding hydrogens is 410 g/mol. The van der Waals surface area contributed by atoms with E-state index in [-0.39, 0.29) is 0 Å². The Morgan fingerprint density at radius 1 is 0.968 bits per heavy atom. The molecule has 0 fully saturated rings. The Kier molecular flexibility index (Phi) is 4.96. The van der Waals surface area contributed by atoms with Gasteiger partial charge in [-0.05, 0) is 48.9 Å². The smallest absolute Gasteiger partial charge is 0.228 e. The molecule has 1 aliphatic heterocycles. The van der Waals surface area contributed by atoms with Gasteiger partial charge >= 0.3 is 0 Å². The lowest BCUT2D eigenvalue weighted by molar-refractivity contribution is 0.301. The number of rotatable bonds is 4. The van der Waals surface area contributed by atoms with Crippen molar-refractivity contribution in [1.82, 2.24) is 9.97 Å². The van der Waals surface area contributed by atoms with Gasteiger partial charge in [0, 0.05) is 21.7 Å². The van der Waals surface area contributed by atoms with E-state index in [0.717, 1.165) is 50.8 Å². The number of aryl methyl sites for hydroxylation is 1. The first kappa shape index (κ1) is 19.4. The molecule has 1 aromatic heterocycles. The van der Waals surface area contributed by atoms with Crippen LogP contribution in [0.1, 0.15) is 11.1 Å². The number of halogens is 1. The van der Waals surface area contributed by atoms with Gasteiger partial charge in [-0.25, -0.2) is 9.97 Å². The van der Waals surface area contributed by atoms with Crippen LogP contribution >= 0.6 is 11.6 Å². The zero-order valence-corrected chi connectivity index (χ0v) is 17.9. The third-order valence-corrected chi connectivity index (χ3v) is 5.46. The predicted octanol–water partition coefficient (Wildman–Crippen LogP) is 6.42. The SMILES string of the molecule is COc1ccc(C)cc1Nc1nc(-c2cccc(Cl)c2)c2c(n1)-c1ccccc1OC2. The van der Waals surface area contributed by atoms with Gasteiger partial charge in [-0.15, -0.1) is 0 Å². The van der Waals surface area contributed by atoms with E-state index in [4.69, 9.17) is 31.0 Å². The number of benzene rings is 3. The minimum Gasteiger partial charge on any atom is -0.495 e. The summed E-state index contributed by atoms with van der Waals surface area (Å²) in [7, 11) is 1.65. The number of para-hydroxylation sites is 1. The highest BCUT2D eigenvalue weighted by Gasteiger charge is 2.24. The van der Waals surface area contributed by atoms with Gasteiger partial charge in [0.05, 0.1) is 24.2 Å². The second kappa shape index (κ2) is 7.93. The van der Waals surface area contributed by atoms with Crippen molar-refractivity contribution in [1.29, 1.82) is 0 Å². The van der Waals surface area contributed by atoms with Crippen LogP contribution < -0.4 is 14.8 Å². The molecule has 5 nitrogen and oxygen atoms in total. The second-order valence-corrected chi connectivity index (χ2v) is 7.78. The Labute approximate surface area is 185 Å². The number of methoxy groups -OCH3 is 1. The van der Waals surface area contributed by atoms with Crippen molar-refractivity contribution in [2.24, 2.45) is 0 Å². The fraction of sp³-hybridized carbons (Fsp3) is 0.120. The summed E-state index contributed by atoms with van der Waals surface area (Å²) < 4.78 is 11.5. The molecule has 0 radical (unpaired) electrons. The van der Waals surface area contributed by atoms with Crippen LogP contribution in [0.25, 0.3) is 22.5 Å². The van der Waals surface area contributed by atoms with Gasteiger partial charge in [-0.2, -0.15) is 0 Å². The molecule has 2 heterocycles. The summed E-state index contributed by atoms with van der Waals surface area (Å²) in [5, 5.41) is 4.00. The summed E-state index contributed by atoms with van der Waals surface area (Å²) in [5.74, 6) is 2.01. The van der Waals surface area contributed by atoms with Gasteiger partial charge in [0.15, 0.2) is 0 Å². The number of nitrogens with zero attached hydrogens (tertiary/aromatic N) is 2. The molecule has 5 rings (SSSR count). The molecule has 0 saturated heterocycles. The quantitative estimate of drug-likeness (QED) is 0.405. The van der Waals surface area contributed by atoms with Crippen LogP contribution in [-0.4, -0.2) is 17.1 Å². The highest BCUT2D eigenvalue weighted by atomic mass is 35.5. The average Bonchev–Trinajstić information content (AvgIpc) is 2.78. The summed E-state index contributed by atoms with van der Waals surface area (Å²) in [5.41, 5.74) is 6.33. The van der Waals surface area contributed by atoms with Crippen molar-refractivity contribution >= 4 is 23.2 Å². The van der Waals surface area contributed by atoms with Gasteiger partial charge < -0.3 is 14.8 Å². The van der Waals surface area contributed by atoms with Crippen LogP contribution in [0.2, 0.25) is 5.02 Å². The maximum absolute atomic E-state index is 6.28. The Bertz CT molecular complexity index is 1290. The van der Waals surface area contributed by atoms with Crippen LogP contribution in [-0.2, 0) is 6.61 Å². The van der Waals surface area contributed by atoms with Crippen LogP contribution in [0.4, 0.5) is 11.6 Å². The molecule has 4 aromatic rings. The molecule has 0 amide bonds. The molecule has 1 aliphatic rings. The topological polar surface area (TPSA) is 56.3 Å². The standard InChI is InChI=1S/C25H20ClN3O2/c1-15-10-11-22(30-2)20(12-15)27-25-28-23(16-6-5-7-17(26)13-16)19-14-31-21-9-4-3-8-18(21)24(19)29-25/h3-13H,14H2,1-2H3,(H,27,28,29). The molecule has 0 aliphatic carbocycles. The number of fused-ring (bicyclic) bond motifs is 3. The first-order valence-corrected chi connectivity index (χ1v) is 10.3. The number of hydrogen-bond donors (Lipinski definition) is 1. The van der Waals surface area contributed by atoms with Crippen molar-refractivity contribution in [3.8, 4) is 34.0 Å². The van der Waals surface area contributed by atoms with Crippen LogP contribution in [0.15, 0.2) is 66.7 Å². The maximum atomic E-state index is 6.28. The summed E-state index contributed by atoms with van der Waals surface area (Å²) in [6.45, 7) is 2.42. The highest BCUT2D eigenvalue weighted by Crippen LogP contribution is 2.41. The van der Waals surface area contributed by atoms with E-state index in [1.54, 1.807) is 7.11 Å². The number of ether oxygens (including phenoxy) is 2. The molecule has 0 bridgehead atoms. The van der Waals surface area contributed by atoms with E-state index < -0.39 is 0 Å². The van der Waals surface area contributed by atoms with Crippen LogP contribution in [0.5, 0.6) is 11.5 Å².